The van der Waals surface area contributed by atoms with E-state index in [1.165, 1.54) is 11.3 Å². The highest BCUT2D eigenvalue weighted by Gasteiger charge is 2.09. The van der Waals surface area contributed by atoms with Gasteiger partial charge in [0.2, 0.25) is 5.95 Å². The molecule has 72 valence electrons. The Hall–Kier alpha value is -1.36. The van der Waals surface area contributed by atoms with Crippen molar-refractivity contribution < 1.29 is 4.39 Å². The summed E-state index contributed by atoms with van der Waals surface area (Å²) in [6, 6.07) is 0. The number of aromatic nitrogens is 3. The number of hydrogen-bond donors (Lipinski definition) is 0. The van der Waals surface area contributed by atoms with Gasteiger partial charge in [-0.05, 0) is 13.8 Å². The molecule has 0 fully saturated rings. The molecule has 2 rings (SSSR count). The van der Waals surface area contributed by atoms with E-state index in [9.17, 15) is 4.39 Å². The van der Waals surface area contributed by atoms with Crippen molar-refractivity contribution in [2.45, 2.75) is 13.8 Å². The van der Waals surface area contributed by atoms with Crippen molar-refractivity contribution in [1.29, 1.82) is 0 Å². The molecule has 5 heteroatoms. The second-order valence-electron chi connectivity index (χ2n) is 2.92. The zero-order valence-corrected chi connectivity index (χ0v) is 8.60. The molecule has 2 heterocycles. The van der Waals surface area contributed by atoms with E-state index in [0.29, 0.717) is 22.8 Å². The van der Waals surface area contributed by atoms with Crippen LogP contribution in [0.4, 0.5) is 4.39 Å². The van der Waals surface area contributed by atoms with E-state index in [4.69, 9.17) is 0 Å². The molecule has 0 saturated heterocycles. The van der Waals surface area contributed by atoms with Gasteiger partial charge >= 0.3 is 0 Å². The topological polar surface area (TPSA) is 38.7 Å². The minimum absolute atomic E-state index is 0.354. The molecule has 3 nitrogen and oxygen atoms in total. The van der Waals surface area contributed by atoms with E-state index in [0.717, 1.165) is 0 Å². The molecule has 0 spiro atoms. The molecule has 0 aliphatic heterocycles. The predicted octanol–water partition coefficient (Wildman–Crippen LogP) is 2.36. The van der Waals surface area contributed by atoms with E-state index in [2.05, 4.69) is 15.0 Å². The summed E-state index contributed by atoms with van der Waals surface area (Å²) in [6.07, 6.45) is 0. The summed E-state index contributed by atoms with van der Waals surface area (Å²) >= 11 is 1.44. The second-order valence-corrected chi connectivity index (χ2v) is 3.64. The van der Waals surface area contributed by atoms with Gasteiger partial charge in [0.05, 0.1) is 5.51 Å². The molecule has 0 amide bonds. The summed E-state index contributed by atoms with van der Waals surface area (Å²) in [4.78, 5) is 11.9. The first-order valence-electron chi connectivity index (χ1n) is 4.08. The van der Waals surface area contributed by atoms with Crippen molar-refractivity contribution in [1.82, 2.24) is 15.0 Å². The monoisotopic (exact) mass is 209 g/mol. The Morgan fingerprint density at radius 1 is 1.29 bits per heavy atom. The lowest BCUT2D eigenvalue weighted by Crippen LogP contribution is -1.99. The standard InChI is InChI=1S/C9H8FN3S/c1-5-6(2)12-9(13-8(5)10)7-3-14-4-11-7/h3-4H,1-2H3. The largest absolute Gasteiger partial charge is 0.241 e. The molecule has 0 radical (unpaired) electrons. The number of hydrogen-bond acceptors (Lipinski definition) is 4. The third kappa shape index (κ3) is 1.50. The molecule has 0 aromatic carbocycles. The normalized spacial score (nSPS) is 10.5. The van der Waals surface area contributed by atoms with Crippen LogP contribution in [0.15, 0.2) is 10.9 Å². The van der Waals surface area contributed by atoms with Crippen LogP contribution in [0.2, 0.25) is 0 Å². The predicted molar refractivity (Wildman–Crippen MR) is 52.6 cm³/mol. The minimum atomic E-state index is -0.472. The Morgan fingerprint density at radius 3 is 2.64 bits per heavy atom. The van der Waals surface area contributed by atoms with E-state index in [1.54, 1.807) is 24.7 Å². The van der Waals surface area contributed by atoms with E-state index in [-0.39, 0.29) is 0 Å². The fourth-order valence-corrected chi connectivity index (χ4v) is 1.56. The van der Waals surface area contributed by atoms with Gasteiger partial charge in [-0.1, -0.05) is 0 Å². The van der Waals surface area contributed by atoms with Gasteiger partial charge in [0.15, 0.2) is 5.82 Å². The molecule has 2 aromatic rings. The van der Waals surface area contributed by atoms with Gasteiger partial charge in [0, 0.05) is 16.6 Å². The van der Waals surface area contributed by atoms with Crippen LogP contribution in [0.3, 0.4) is 0 Å². The molecule has 0 saturated carbocycles. The van der Waals surface area contributed by atoms with Crippen molar-refractivity contribution >= 4 is 11.3 Å². The van der Waals surface area contributed by atoms with Gasteiger partial charge in [-0.3, -0.25) is 0 Å². The Labute approximate surface area is 84.7 Å². The van der Waals surface area contributed by atoms with Crippen molar-refractivity contribution in [3.63, 3.8) is 0 Å². The van der Waals surface area contributed by atoms with Crippen LogP contribution < -0.4 is 0 Å². The fourth-order valence-electron chi connectivity index (χ4n) is 1.03. The van der Waals surface area contributed by atoms with Crippen LogP contribution in [0.5, 0.6) is 0 Å². The SMILES string of the molecule is Cc1nc(-c2cscn2)nc(F)c1C. The Balaban J connectivity index is 2.57. The number of rotatable bonds is 1. The van der Waals surface area contributed by atoms with E-state index < -0.39 is 5.95 Å². The molecule has 0 atom stereocenters. The van der Waals surface area contributed by atoms with Crippen LogP contribution in [0.1, 0.15) is 11.3 Å². The van der Waals surface area contributed by atoms with Crippen molar-refractivity contribution in [2.75, 3.05) is 0 Å². The summed E-state index contributed by atoms with van der Waals surface area (Å²) in [5.74, 6) is -0.118. The fraction of sp³-hybridized carbons (Fsp3) is 0.222. The number of halogens is 1. The molecule has 0 unspecified atom stereocenters. The highest BCUT2D eigenvalue weighted by atomic mass is 32.1. The molecular weight excluding hydrogens is 201 g/mol. The minimum Gasteiger partial charge on any atom is -0.241 e. The Bertz CT molecular complexity index is 430. The molecule has 0 bridgehead atoms. The maximum Gasteiger partial charge on any atom is 0.219 e. The van der Waals surface area contributed by atoms with Gasteiger partial charge in [-0.25, -0.2) is 9.97 Å². The summed E-state index contributed by atoms with van der Waals surface area (Å²) in [7, 11) is 0. The van der Waals surface area contributed by atoms with Gasteiger partial charge in [0.25, 0.3) is 0 Å². The average Bonchev–Trinajstić information content (AvgIpc) is 2.66. The van der Waals surface area contributed by atoms with Gasteiger partial charge in [-0.15, -0.1) is 11.3 Å². The van der Waals surface area contributed by atoms with Crippen LogP contribution in [-0.2, 0) is 0 Å². The van der Waals surface area contributed by atoms with Gasteiger partial charge < -0.3 is 0 Å². The summed E-state index contributed by atoms with van der Waals surface area (Å²) in [5.41, 5.74) is 3.44. The average molecular weight is 209 g/mol. The first-order valence-corrected chi connectivity index (χ1v) is 5.02. The van der Waals surface area contributed by atoms with Crippen molar-refractivity contribution in [2.24, 2.45) is 0 Å². The third-order valence-electron chi connectivity index (χ3n) is 1.99. The van der Waals surface area contributed by atoms with Crippen molar-refractivity contribution in [3.8, 4) is 11.5 Å². The number of nitrogens with zero attached hydrogens (tertiary/aromatic N) is 3. The smallest absolute Gasteiger partial charge is 0.219 e. The zero-order chi connectivity index (χ0) is 10.1. The summed E-state index contributed by atoms with van der Waals surface area (Å²) < 4.78 is 13.3. The Kier molecular flexibility index (Phi) is 2.25. The summed E-state index contributed by atoms with van der Waals surface area (Å²) in [5, 5.41) is 1.80. The molecule has 0 aliphatic rings. The van der Waals surface area contributed by atoms with Gasteiger partial charge in [0.1, 0.15) is 5.69 Å². The zero-order valence-electron chi connectivity index (χ0n) is 7.78. The molecular formula is C9H8FN3S. The first-order chi connectivity index (χ1) is 6.68. The van der Waals surface area contributed by atoms with Crippen LogP contribution in [-0.4, -0.2) is 15.0 Å². The third-order valence-corrected chi connectivity index (χ3v) is 2.58. The second kappa shape index (κ2) is 3.42. The number of thiazole rings is 1. The lowest BCUT2D eigenvalue weighted by molar-refractivity contribution is 0.569. The quantitative estimate of drug-likeness (QED) is 0.677. The molecule has 2 aromatic heterocycles. The lowest BCUT2D eigenvalue weighted by atomic mass is 10.2. The molecule has 14 heavy (non-hydrogen) atoms. The number of aryl methyl sites for hydroxylation is 1. The molecule has 0 aliphatic carbocycles. The highest BCUT2D eigenvalue weighted by Crippen LogP contribution is 2.17. The molecule has 0 N–H and O–H groups in total. The maximum absolute atomic E-state index is 13.3. The Morgan fingerprint density at radius 2 is 2.07 bits per heavy atom. The highest BCUT2D eigenvalue weighted by molar-refractivity contribution is 7.07. The van der Waals surface area contributed by atoms with E-state index >= 15 is 0 Å². The summed E-state index contributed by atoms with van der Waals surface area (Å²) in [6.45, 7) is 3.42. The van der Waals surface area contributed by atoms with Crippen LogP contribution in [0.25, 0.3) is 11.5 Å². The van der Waals surface area contributed by atoms with E-state index in [1.807, 2.05) is 0 Å². The maximum atomic E-state index is 13.3. The van der Waals surface area contributed by atoms with Crippen LogP contribution >= 0.6 is 11.3 Å². The lowest BCUT2D eigenvalue weighted by Gasteiger charge is -2.02. The first kappa shape index (κ1) is 9.21. The van der Waals surface area contributed by atoms with Gasteiger partial charge in [-0.2, -0.15) is 9.37 Å². The van der Waals surface area contributed by atoms with Crippen LogP contribution in [0, 0.1) is 19.8 Å². The van der Waals surface area contributed by atoms with Crippen molar-refractivity contribution in [3.05, 3.63) is 28.1 Å².